The van der Waals surface area contributed by atoms with E-state index < -0.39 is 0 Å². The fraction of sp³-hybridized carbons (Fsp3) is 0.118. The third kappa shape index (κ3) is 3.44. The van der Waals surface area contributed by atoms with Crippen molar-refractivity contribution in [1.29, 1.82) is 5.26 Å². The van der Waals surface area contributed by atoms with E-state index in [0.29, 0.717) is 35.9 Å². The zero-order valence-corrected chi connectivity index (χ0v) is 12.8. The number of carbonyl (C=O) groups excluding carboxylic acids is 1. The van der Waals surface area contributed by atoms with Crippen LogP contribution in [-0.4, -0.2) is 32.0 Å². The summed E-state index contributed by atoms with van der Waals surface area (Å²) in [6.07, 6.45) is 6.82. The molecule has 0 atom stereocenters. The number of nitrogens with zero attached hydrogens (tertiary/aromatic N) is 5. The van der Waals surface area contributed by atoms with Crippen LogP contribution in [0, 0.1) is 11.3 Å². The largest absolute Gasteiger partial charge is 0.350 e. The summed E-state index contributed by atoms with van der Waals surface area (Å²) < 4.78 is 1.88. The van der Waals surface area contributed by atoms with Crippen molar-refractivity contribution in [3.8, 4) is 17.7 Å². The number of imidazole rings is 1. The van der Waals surface area contributed by atoms with Gasteiger partial charge in [-0.25, -0.2) is 15.0 Å². The van der Waals surface area contributed by atoms with E-state index in [1.54, 1.807) is 48.9 Å². The number of nitriles is 1. The Labute approximate surface area is 138 Å². The van der Waals surface area contributed by atoms with Crippen LogP contribution >= 0.6 is 0 Å². The minimum Gasteiger partial charge on any atom is -0.350 e. The van der Waals surface area contributed by atoms with E-state index in [1.165, 1.54) is 0 Å². The number of nitrogens with one attached hydrogen (secondary N) is 1. The lowest BCUT2D eigenvalue weighted by atomic mass is 10.1. The molecule has 24 heavy (non-hydrogen) atoms. The third-order valence-corrected chi connectivity index (χ3v) is 3.40. The van der Waals surface area contributed by atoms with Crippen molar-refractivity contribution in [3.63, 3.8) is 0 Å². The summed E-state index contributed by atoms with van der Waals surface area (Å²) in [5, 5.41) is 11.6. The Morgan fingerprint density at radius 1 is 1.12 bits per heavy atom. The molecule has 0 spiro atoms. The van der Waals surface area contributed by atoms with Crippen molar-refractivity contribution in [2.45, 2.75) is 6.54 Å². The van der Waals surface area contributed by atoms with Crippen molar-refractivity contribution in [2.75, 3.05) is 6.54 Å². The minimum absolute atomic E-state index is 0.183. The number of hydrogen-bond donors (Lipinski definition) is 1. The lowest BCUT2D eigenvalue weighted by molar-refractivity contribution is 0.0952. The molecule has 0 saturated carbocycles. The predicted molar refractivity (Wildman–Crippen MR) is 86.7 cm³/mol. The standard InChI is InChI=1S/C17H14N6O/c18-12-13-2-4-14(5-3-13)17(24)22-9-11-23-10-8-21-16(23)15-19-6-1-7-20-15/h1-8,10H,9,11H2,(H,22,24). The van der Waals surface area contributed by atoms with Gasteiger partial charge in [-0.1, -0.05) is 0 Å². The van der Waals surface area contributed by atoms with Crippen LogP contribution in [0.25, 0.3) is 11.6 Å². The van der Waals surface area contributed by atoms with Gasteiger partial charge in [0.2, 0.25) is 0 Å². The molecule has 0 radical (unpaired) electrons. The molecule has 0 unspecified atom stereocenters. The van der Waals surface area contributed by atoms with Gasteiger partial charge in [-0.05, 0) is 30.3 Å². The Kier molecular flexibility index (Phi) is 4.58. The molecule has 7 heteroatoms. The van der Waals surface area contributed by atoms with Gasteiger partial charge in [0, 0.05) is 43.4 Å². The fourth-order valence-electron chi connectivity index (χ4n) is 2.20. The van der Waals surface area contributed by atoms with Crippen molar-refractivity contribution < 1.29 is 4.79 Å². The zero-order valence-electron chi connectivity index (χ0n) is 12.8. The molecular formula is C17H14N6O. The van der Waals surface area contributed by atoms with Crippen molar-refractivity contribution >= 4 is 5.91 Å². The van der Waals surface area contributed by atoms with Gasteiger partial charge < -0.3 is 9.88 Å². The van der Waals surface area contributed by atoms with E-state index in [0.717, 1.165) is 0 Å². The lowest BCUT2D eigenvalue weighted by Gasteiger charge is -2.08. The highest BCUT2D eigenvalue weighted by Crippen LogP contribution is 2.10. The van der Waals surface area contributed by atoms with Gasteiger partial charge >= 0.3 is 0 Å². The highest BCUT2D eigenvalue weighted by molar-refractivity contribution is 5.94. The molecule has 2 heterocycles. The molecule has 1 N–H and O–H groups in total. The second-order valence-electron chi connectivity index (χ2n) is 4.96. The maximum Gasteiger partial charge on any atom is 0.251 e. The third-order valence-electron chi connectivity index (χ3n) is 3.40. The van der Waals surface area contributed by atoms with Gasteiger partial charge in [-0.2, -0.15) is 5.26 Å². The molecule has 2 aromatic heterocycles. The van der Waals surface area contributed by atoms with Crippen LogP contribution in [0.1, 0.15) is 15.9 Å². The van der Waals surface area contributed by atoms with Gasteiger partial charge in [0.25, 0.3) is 5.91 Å². The Balaban J connectivity index is 1.60. The Bertz CT molecular complexity index is 864. The van der Waals surface area contributed by atoms with Crippen molar-refractivity contribution in [3.05, 3.63) is 66.2 Å². The highest BCUT2D eigenvalue weighted by atomic mass is 16.1. The van der Waals surface area contributed by atoms with Gasteiger partial charge in [0.15, 0.2) is 11.6 Å². The molecule has 3 rings (SSSR count). The maximum atomic E-state index is 12.1. The number of amides is 1. The first-order valence-electron chi connectivity index (χ1n) is 7.35. The minimum atomic E-state index is -0.183. The molecule has 0 aliphatic heterocycles. The van der Waals surface area contributed by atoms with Gasteiger partial charge in [0.1, 0.15) is 0 Å². The maximum absolute atomic E-state index is 12.1. The smallest absolute Gasteiger partial charge is 0.251 e. The van der Waals surface area contributed by atoms with Crippen molar-refractivity contribution in [2.24, 2.45) is 0 Å². The van der Waals surface area contributed by atoms with Crippen molar-refractivity contribution in [1.82, 2.24) is 24.8 Å². The Morgan fingerprint density at radius 2 is 1.88 bits per heavy atom. The molecule has 0 aliphatic carbocycles. The van der Waals surface area contributed by atoms with Gasteiger partial charge in [0.05, 0.1) is 11.6 Å². The predicted octanol–water partition coefficient (Wildman–Crippen LogP) is 1.64. The molecule has 0 bridgehead atoms. The summed E-state index contributed by atoms with van der Waals surface area (Å²) in [7, 11) is 0. The fourth-order valence-corrected chi connectivity index (χ4v) is 2.20. The normalized spacial score (nSPS) is 10.1. The first-order valence-corrected chi connectivity index (χ1v) is 7.35. The monoisotopic (exact) mass is 318 g/mol. The topological polar surface area (TPSA) is 96.5 Å². The molecule has 1 amide bonds. The van der Waals surface area contributed by atoms with Crippen LogP contribution < -0.4 is 5.32 Å². The summed E-state index contributed by atoms with van der Waals surface area (Å²) in [4.78, 5) is 24.7. The number of carbonyl (C=O) groups is 1. The molecule has 118 valence electrons. The second kappa shape index (κ2) is 7.15. The van der Waals surface area contributed by atoms with Gasteiger partial charge in [-0.3, -0.25) is 4.79 Å². The first kappa shape index (κ1) is 15.4. The molecule has 3 aromatic rings. The second-order valence-corrected chi connectivity index (χ2v) is 4.96. The van der Waals surface area contributed by atoms with Crippen LogP contribution in [0.15, 0.2) is 55.1 Å². The summed E-state index contributed by atoms with van der Waals surface area (Å²) in [6, 6.07) is 10.3. The molecule has 0 fully saturated rings. The van der Waals surface area contributed by atoms with Crippen LogP contribution in [0.4, 0.5) is 0 Å². The summed E-state index contributed by atoms with van der Waals surface area (Å²) >= 11 is 0. The average Bonchev–Trinajstić information content (AvgIpc) is 3.11. The number of aromatic nitrogens is 4. The summed E-state index contributed by atoms with van der Waals surface area (Å²) in [5.41, 5.74) is 1.05. The zero-order chi connectivity index (χ0) is 16.8. The molecule has 1 aromatic carbocycles. The van der Waals surface area contributed by atoms with E-state index in [1.807, 2.05) is 16.8 Å². The quantitative estimate of drug-likeness (QED) is 0.771. The van der Waals surface area contributed by atoms with Crippen LogP contribution in [-0.2, 0) is 6.54 Å². The lowest BCUT2D eigenvalue weighted by Crippen LogP contribution is -2.27. The number of benzene rings is 1. The van der Waals surface area contributed by atoms with Crippen LogP contribution in [0.2, 0.25) is 0 Å². The summed E-state index contributed by atoms with van der Waals surface area (Å²) in [6.45, 7) is 0.991. The van der Waals surface area contributed by atoms with E-state index in [9.17, 15) is 4.79 Å². The Hall–Kier alpha value is -3.53. The van der Waals surface area contributed by atoms with E-state index in [-0.39, 0.29) is 5.91 Å². The van der Waals surface area contributed by atoms with Crippen LogP contribution in [0.3, 0.4) is 0 Å². The Morgan fingerprint density at radius 3 is 2.58 bits per heavy atom. The van der Waals surface area contributed by atoms with E-state index in [2.05, 4.69) is 20.3 Å². The molecule has 0 aliphatic rings. The van der Waals surface area contributed by atoms with E-state index >= 15 is 0 Å². The van der Waals surface area contributed by atoms with E-state index in [4.69, 9.17) is 5.26 Å². The van der Waals surface area contributed by atoms with Crippen LogP contribution in [0.5, 0.6) is 0 Å². The first-order chi connectivity index (χ1) is 11.8. The molecule has 0 saturated heterocycles. The van der Waals surface area contributed by atoms with Gasteiger partial charge in [-0.15, -0.1) is 0 Å². The SMILES string of the molecule is N#Cc1ccc(C(=O)NCCn2ccnc2-c2ncccn2)cc1. The molecular weight excluding hydrogens is 304 g/mol. The summed E-state index contributed by atoms with van der Waals surface area (Å²) in [5.74, 6) is 1.02. The number of hydrogen-bond acceptors (Lipinski definition) is 5. The highest BCUT2D eigenvalue weighted by Gasteiger charge is 2.09. The number of rotatable bonds is 5. The average molecular weight is 318 g/mol. The molecule has 7 nitrogen and oxygen atoms in total.